The second kappa shape index (κ2) is 9.31. The lowest BCUT2D eigenvalue weighted by molar-refractivity contribution is 0.541. The lowest BCUT2D eigenvalue weighted by atomic mass is 10.2. The van der Waals surface area contributed by atoms with Crippen LogP contribution in [0.15, 0.2) is 0 Å². The van der Waals surface area contributed by atoms with Crippen molar-refractivity contribution in [3.8, 4) is 0 Å². The van der Waals surface area contributed by atoms with E-state index in [1.165, 1.54) is 19.1 Å². The largest absolute Gasteiger partial charge is 0.316 e. The van der Waals surface area contributed by atoms with Crippen molar-refractivity contribution in [2.24, 2.45) is 5.92 Å². The lowest BCUT2D eigenvalue weighted by Gasteiger charge is -2.06. The number of hydrogen-bond acceptors (Lipinski definition) is 4. The molecule has 16 heavy (non-hydrogen) atoms. The summed E-state index contributed by atoms with van der Waals surface area (Å²) in [5.41, 5.74) is 0. The number of sulfone groups is 1. The predicted octanol–water partition coefficient (Wildman–Crippen LogP) is 1.79. The minimum Gasteiger partial charge on any atom is -0.316 e. The fourth-order valence-corrected chi connectivity index (χ4v) is 3.45. The molecule has 0 spiro atoms. The third-order valence-electron chi connectivity index (χ3n) is 2.04. The monoisotopic (exact) mass is 267 g/mol. The Morgan fingerprint density at radius 3 is 2.44 bits per heavy atom. The Kier molecular flexibility index (Phi) is 9.46. The molecule has 0 fully saturated rings. The molecule has 0 heterocycles. The topological polar surface area (TPSA) is 46.2 Å². The van der Waals surface area contributed by atoms with Gasteiger partial charge in [-0.25, -0.2) is 8.42 Å². The van der Waals surface area contributed by atoms with Crippen LogP contribution >= 0.6 is 11.8 Å². The van der Waals surface area contributed by atoms with E-state index in [9.17, 15) is 8.42 Å². The van der Waals surface area contributed by atoms with Gasteiger partial charge in [0, 0.05) is 12.0 Å². The smallest absolute Gasteiger partial charge is 0.148 e. The standard InChI is InChI=1S/C11H25NO2S2/c1-11(2)10-12-6-4-5-7-15-8-9-16(3,13)14/h11-12H,4-10H2,1-3H3. The third kappa shape index (κ3) is 14.3. The number of hydrogen-bond donors (Lipinski definition) is 1. The molecule has 0 aromatic carbocycles. The molecule has 0 aromatic heterocycles. The summed E-state index contributed by atoms with van der Waals surface area (Å²) < 4.78 is 21.7. The number of unbranched alkanes of at least 4 members (excludes halogenated alkanes) is 1. The van der Waals surface area contributed by atoms with Crippen LogP contribution in [0.1, 0.15) is 26.7 Å². The molecule has 0 aliphatic carbocycles. The summed E-state index contributed by atoms with van der Waals surface area (Å²) in [5.74, 6) is 2.82. The van der Waals surface area contributed by atoms with E-state index in [-0.39, 0.29) is 0 Å². The zero-order chi connectivity index (χ0) is 12.4. The average molecular weight is 267 g/mol. The zero-order valence-corrected chi connectivity index (χ0v) is 12.3. The quantitative estimate of drug-likeness (QED) is 0.613. The fourth-order valence-electron chi connectivity index (χ4n) is 1.16. The number of nitrogens with one attached hydrogen (secondary N) is 1. The molecule has 0 atom stereocenters. The molecular formula is C11H25NO2S2. The molecule has 0 aliphatic rings. The first kappa shape index (κ1) is 16.3. The van der Waals surface area contributed by atoms with Crippen LogP contribution in [-0.4, -0.2) is 45.0 Å². The molecule has 0 aromatic rings. The van der Waals surface area contributed by atoms with Crippen molar-refractivity contribution in [2.75, 3.05) is 36.6 Å². The van der Waals surface area contributed by atoms with Gasteiger partial charge in [0.2, 0.25) is 0 Å². The van der Waals surface area contributed by atoms with Gasteiger partial charge in [-0.3, -0.25) is 0 Å². The maximum Gasteiger partial charge on any atom is 0.148 e. The van der Waals surface area contributed by atoms with Crippen molar-refractivity contribution in [3.63, 3.8) is 0 Å². The zero-order valence-electron chi connectivity index (χ0n) is 10.7. The van der Waals surface area contributed by atoms with E-state index in [0.717, 1.165) is 24.6 Å². The normalized spacial score (nSPS) is 12.2. The first-order valence-corrected chi connectivity index (χ1v) is 9.09. The molecule has 0 aliphatic heterocycles. The number of thioether (sulfide) groups is 1. The molecule has 0 saturated carbocycles. The highest BCUT2D eigenvalue weighted by molar-refractivity contribution is 8.00. The van der Waals surface area contributed by atoms with E-state index in [1.807, 2.05) is 0 Å². The van der Waals surface area contributed by atoms with E-state index >= 15 is 0 Å². The van der Waals surface area contributed by atoms with Crippen molar-refractivity contribution in [2.45, 2.75) is 26.7 Å². The van der Waals surface area contributed by atoms with Crippen molar-refractivity contribution in [1.82, 2.24) is 5.32 Å². The van der Waals surface area contributed by atoms with E-state index in [4.69, 9.17) is 0 Å². The Balaban J connectivity index is 3.10. The molecule has 1 N–H and O–H groups in total. The molecule has 0 amide bonds. The third-order valence-corrected chi connectivity index (χ3v) is 4.32. The highest BCUT2D eigenvalue weighted by Gasteiger charge is 2.00. The maximum atomic E-state index is 10.8. The van der Waals surface area contributed by atoms with Gasteiger partial charge in [0.25, 0.3) is 0 Å². The Bertz CT molecular complexity index is 251. The average Bonchev–Trinajstić information content (AvgIpc) is 2.13. The summed E-state index contributed by atoms with van der Waals surface area (Å²) in [6.07, 6.45) is 3.64. The molecule has 0 saturated heterocycles. The van der Waals surface area contributed by atoms with Gasteiger partial charge in [-0.05, 0) is 37.6 Å². The van der Waals surface area contributed by atoms with Crippen LogP contribution < -0.4 is 5.32 Å². The fraction of sp³-hybridized carbons (Fsp3) is 1.00. The second-order valence-corrected chi connectivity index (χ2v) is 8.03. The van der Waals surface area contributed by atoms with Crippen LogP contribution in [0.4, 0.5) is 0 Å². The van der Waals surface area contributed by atoms with Gasteiger partial charge in [0.1, 0.15) is 9.84 Å². The van der Waals surface area contributed by atoms with Crippen molar-refractivity contribution >= 4 is 21.6 Å². The van der Waals surface area contributed by atoms with Gasteiger partial charge in [-0.1, -0.05) is 13.8 Å². The molecule has 3 nitrogen and oxygen atoms in total. The van der Waals surface area contributed by atoms with Gasteiger partial charge in [-0.2, -0.15) is 11.8 Å². The number of rotatable bonds is 10. The van der Waals surface area contributed by atoms with Gasteiger partial charge in [-0.15, -0.1) is 0 Å². The van der Waals surface area contributed by atoms with Crippen LogP contribution in [0.5, 0.6) is 0 Å². The Hall–Kier alpha value is 0.260. The highest BCUT2D eigenvalue weighted by Crippen LogP contribution is 2.05. The summed E-state index contributed by atoms with van der Waals surface area (Å²) in [4.78, 5) is 0. The molecule has 0 rings (SSSR count). The van der Waals surface area contributed by atoms with Crippen LogP contribution in [0.25, 0.3) is 0 Å². The minimum absolute atomic E-state index is 0.309. The van der Waals surface area contributed by atoms with Crippen LogP contribution in [0.3, 0.4) is 0 Å². The molecule has 0 unspecified atom stereocenters. The Labute approximate surface area is 105 Å². The van der Waals surface area contributed by atoms with Gasteiger partial charge in [0.15, 0.2) is 0 Å². The summed E-state index contributed by atoms with van der Waals surface area (Å²) in [5, 5.41) is 3.39. The first-order valence-electron chi connectivity index (χ1n) is 5.88. The summed E-state index contributed by atoms with van der Waals surface area (Å²) >= 11 is 1.74. The van der Waals surface area contributed by atoms with Crippen LogP contribution in [0, 0.1) is 5.92 Å². The lowest BCUT2D eigenvalue weighted by Crippen LogP contribution is -2.20. The first-order chi connectivity index (χ1) is 7.42. The van der Waals surface area contributed by atoms with Crippen LogP contribution in [0.2, 0.25) is 0 Å². The maximum absolute atomic E-state index is 10.8. The molecule has 0 bridgehead atoms. The van der Waals surface area contributed by atoms with E-state index in [0.29, 0.717) is 11.7 Å². The van der Waals surface area contributed by atoms with E-state index < -0.39 is 9.84 Å². The Morgan fingerprint density at radius 1 is 1.19 bits per heavy atom. The van der Waals surface area contributed by atoms with Crippen molar-refractivity contribution in [1.29, 1.82) is 0 Å². The molecule has 0 radical (unpaired) electrons. The van der Waals surface area contributed by atoms with Crippen molar-refractivity contribution in [3.05, 3.63) is 0 Å². The summed E-state index contributed by atoms with van der Waals surface area (Å²) in [7, 11) is -2.77. The molecule has 98 valence electrons. The van der Waals surface area contributed by atoms with E-state index in [1.54, 1.807) is 11.8 Å². The van der Waals surface area contributed by atoms with E-state index in [2.05, 4.69) is 19.2 Å². The van der Waals surface area contributed by atoms with Gasteiger partial charge >= 0.3 is 0 Å². The van der Waals surface area contributed by atoms with Crippen molar-refractivity contribution < 1.29 is 8.42 Å². The van der Waals surface area contributed by atoms with Gasteiger partial charge < -0.3 is 5.32 Å². The highest BCUT2D eigenvalue weighted by atomic mass is 32.2. The molecule has 5 heteroatoms. The van der Waals surface area contributed by atoms with Crippen LogP contribution in [-0.2, 0) is 9.84 Å². The minimum atomic E-state index is -2.77. The Morgan fingerprint density at radius 2 is 1.88 bits per heavy atom. The molecular weight excluding hydrogens is 242 g/mol. The second-order valence-electron chi connectivity index (χ2n) is 4.55. The van der Waals surface area contributed by atoms with Gasteiger partial charge in [0.05, 0.1) is 5.75 Å². The predicted molar refractivity (Wildman–Crippen MR) is 74.0 cm³/mol. The SMILES string of the molecule is CC(C)CNCCCCSCCS(C)(=O)=O. The summed E-state index contributed by atoms with van der Waals surface area (Å²) in [6, 6.07) is 0. The summed E-state index contributed by atoms with van der Waals surface area (Å²) in [6.45, 7) is 6.56.